The molecule has 0 spiro atoms. The van der Waals surface area contributed by atoms with Gasteiger partial charge in [-0.05, 0) is 67.9 Å². The monoisotopic (exact) mass is 224 g/mol. The Morgan fingerprint density at radius 1 is 1.07 bits per heavy atom. The van der Waals surface area contributed by atoms with Crippen molar-refractivity contribution in [3.05, 3.63) is 33.9 Å². The molecule has 1 heteroatoms. The van der Waals surface area contributed by atoms with Crippen molar-refractivity contribution in [3.8, 4) is 0 Å². The zero-order chi connectivity index (χ0) is 11.6. The van der Waals surface area contributed by atoms with Crippen LogP contribution in [-0.2, 0) is 0 Å². The van der Waals surface area contributed by atoms with Crippen molar-refractivity contribution in [2.24, 2.45) is 0 Å². The van der Waals surface area contributed by atoms with Crippen LogP contribution in [0.5, 0.6) is 0 Å². The summed E-state index contributed by atoms with van der Waals surface area (Å²) in [6, 6.07) is 2.27. The summed E-state index contributed by atoms with van der Waals surface area (Å²) in [6.07, 6.45) is 1.12. The molecule has 0 aliphatic carbocycles. The highest BCUT2D eigenvalue weighted by molar-refractivity contribution is 6.18. The van der Waals surface area contributed by atoms with Crippen molar-refractivity contribution < 1.29 is 0 Å². The Hall–Kier alpha value is -0.490. The first-order chi connectivity index (χ1) is 7.02. The number of benzene rings is 1. The Morgan fingerprint density at radius 2 is 1.53 bits per heavy atom. The van der Waals surface area contributed by atoms with Crippen molar-refractivity contribution in [2.45, 2.75) is 47.0 Å². The lowest BCUT2D eigenvalue weighted by Crippen LogP contribution is -2.07. The lowest BCUT2D eigenvalue weighted by Gasteiger charge is -2.21. The van der Waals surface area contributed by atoms with Crippen LogP contribution in [0.15, 0.2) is 6.07 Å². The van der Waals surface area contributed by atoms with Gasteiger partial charge in [0.05, 0.1) is 0 Å². The molecule has 1 unspecified atom stereocenters. The van der Waals surface area contributed by atoms with Gasteiger partial charge in [-0.1, -0.05) is 13.0 Å². The number of rotatable bonds is 3. The quantitative estimate of drug-likeness (QED) is 0.656. The standard InChI is InChI=1S/C14H21Cl/c1-6-13(8-15)14-11(4)9(2)7-10(3)12(14)5/h7,13H,6,8H2,1-5H3. The normalized spacial score (nSPS) is 12.9. The molecule has 0 nitrogen and oxygen atoms in total. The van der Waals surface area contributed by atoms with E-state index < -0.39 is 0 Å². The minimum absolute atomic E-state index is 0.505. The SMILES string of the molecule is CCC(CCl)c1c(C)c(C)cc(C)c1C. The third-order valence-electron chi connectivity index (χ3n) is 3.51. The molecule has 1 atom stereocenters. The van der Waals surface area contributed by atoms with Crippen molar-refractivity contribution in [2.75, 3.05) is 5.88 Å². The summed E-state index contributed by atoms with van der Waals surface area (Å²) in [5.41, 5.74) is 7.09. The first kappa shape index (κ1) is 12.6. The summed E-state index contributed by atoms with van der Waals surface area (Å²) in [5.74, 6) is 1.23. The lowest BCUT2D eigenvalue weighted by molar-refractivity contribution is 0.726. The van der Waals surface area contributed by atoms with Crippen LogP contribution in [0, 0.1) is 27.7 Å². The molecule has 0 fully saturated rings. The van der Waals surface area contributed by atoms with Gasteiger partial charge in [-0.3, -0.25) is 0 Å². The van der Waals surface area contributed by atoms with Gasteiger partial charge in [0.1, 0.15) is 0 Å². The molecule has 0 N–H and O–H groups in total. The van der Waals surface area contributed by atoms with E-state index >= 15 is 0 Å². The maximum Gasteiger partial charge on any atom is 0.0292 e. The fraction of sp³-hybridized carbons (Fsp3) is 0.571. The summed E-state index contributed by atoms with van der Waals surface area (Å²) in [5, 5.41) is 0. The number of aryl methyl sites for hydroxylation is 2. The zero-order valence-electron chi connectivity index (χ0n) is 10.4. The molecule has 0 aliphatic heterocycles. The number of hydrogen-bond donors (Lipinski definition) is 0. The van der Waals surface area contributed by atoms with E-state index in [1.165, 1.54) is 27.8 Å². The predicted molar refractivity (Wildman–Crippen MR) is 69.1 cm³/mol. The molecule has 0 saturated carbocycles. The molecule has 0 saturated heterocycles. The largest absolute Gasteiger partial charge is 0.126 e. The maximum absolute atomic E-state index is 6.05. The smallest absolute Gasteiger partial charge is 0.0292 e. The Kier molecular flexibility index (Phi) is 4.21. The molecule has 1 aromatic carbocycles. The van der Waals surface area contributed by atoms with Gasteiger partial charge in [0, 0.05) is 5.88 Å². The molecule has 0 bridgehead atoms. The Bertz CT molecular complexity index is 323. The van der Waals surface area contributed by atoms with Crippen LogP contribution < -0.4 is 0 Å². The summed E-state index contributed by atoms with van der Waals surface area (Å²) in [7, 11) is 0. The average molecular weight is 225 g/mol. The first-order valence-corrected chi connectivity index (χ1v) is 6.19. The number of alkyl halides is 1. The molecule has 0 radical (unpaired) electrons. The minimum atomic E-state index is 0.505. The molecular formula is C14H21Cl. The topological polar surface area (TPSA) is 0 Å². The highest BCUT2D eigenvalue weighted by Crippen LogP contribution is 2.31. The van der Waals surface area contributed by atoms with E-state index in [2.05, 4.69) is 40.7 Å². The van der Waals surface area contributed by atoms with Crippen LogP contribution in [0.3, 0.4) is 0 Å². The van der Waals surface area contributed by atoms with Gasteiger partial charge in [-0.2, -0.15) is 0 Å². The maximum atomic E-state index is 6.05. The third-order valence-corrected chi connectivity index (χ3v) is 3.88. The summed E-state index contributed by atoms with van der Waals surface area (Å²) in [4.78, 5) is 0. The Morgan fingerprint density at radius 3 is 1.87 bits per heavy atom. The van der Waals surface area contributed by atoms with Crippen LogP contribution in [-0.4, -0.2) is 5.88 Å². The van der Waals surface area contributed by atoms with E-state index in [0.29, 0.717) is 5.92 Å². The van der Waals surface area contributed by atoms with Gasteiger partial charge in [0.25, 0.3) is 0 Å². The van der Waals surface area contributed by atoms with Gasteiger partial charge in [-0.25, -0.2) is 0 Å². The van der Waals surface area contributed by atoms with E-state index in [4.69, 9.17) is 11.6 Å². The van der Waals surface area contributed by atoms with E-state index in [0.717, 1.165) is 12.3 Å². The van der Waals surface area contributed by atoms with Crippen molar-refractivity contribution >= 4 is 11.6 Å². The Labute approximate surface area is 98.7 Å². The average Bonchev–Trinajstić information content (AvgIpc) is 2.21. The molecule has 0 aliphatic rings. The fourth-order valence-corrected chi connectivity index (χ4v) is 2.62. The summed E-state index contributed by atoms with van der Waals surface area (Å²) >= 11 is 6.05. The van der Waals surface area contributed by atoms with Crippen molar-refractivity contribution in [1.82, 2.24) is 0 Å². The highest BCUT2D eigenvalue weighted by atomic mass is 35.5. The third kappa shape index (κ3) is 2.36. The number of halogens is 1. The van der Waals surface area contributed by atoms with E-state index in [1.807, 2.05) is 0 Å². The van der Waals surface area contributed by atoms with Gasteiger partial charge in [-0.15, -0.1) is 11.6 Å². The molecule has 0 amide bonds. The molecular weight excluding hydrogens is 204 g/mol. The van der Waals surface area contributed by atoms with E-state index in [9.17, 15) is 0 Å². The zero-order valence-corrected chi connectivity index (χ0v) is 11.2. The van der Waals surface area contributed by atoms with Crippen molar-refractivity contribution in [3.63, 3.8) is 0 Å². The lowest BCUT2D eigenvalue weighted by atomic mass is 9.86. The van der Waals surface area contributed by atoms with Crippen LogP contribution >= 0.6 is 11.6 Å². The van der Waals surface area contributed by atoms with E-state index in [-0.39, 0.29) is 0 Å². The van der Waals surface area contributed by atoms with Crippen molar-refractivity contribution in [1.29, 1.82) is 0 Å². The first-order valence-electron chi connectivity index (χ1n) is 5.66. The molecule has 1 aromatic rings. The van der Waals surface area contributed by atoms with Crippen LogP contribution in [0.4, 0.5) is 0 Å². The Balaban J connectivity index is 3.37. The summed E-state index contributed by atoms with van der Waals surface area (Å²) in [6.45, 7) is 11.0. The highest BCUT2D eigenvalue weighted by Gasteiger charge is 2.16. The predicted octanol–water partition coefficient (Wildman–Crippen LogP) is 4.65. The van der Waals surface area contributed by atoms with Crippen LogP contribution in [0.1, 0.15) is 47.1 Å². The fourth-order valence-electron chi connectivity index (χ4n) is 2.25. The van der Waals surface area contributed by atoms with Crippen LogP contribution in [0.2, 0.25) is 0 Å². The second-order valence-electron chi connectivity index (χ2n) is 4.43. The summed E-state index contributed by atoms with van der Waals surface area (Å²) < 4.78 is 0. The van der Waals surface area contributed by atoms with Gasteiger partial charge >= 0.3 is 0 Å². The molecule has 1 rings (SSSR count). The molecule has 0 heterocycles. The van der Waals surface area contributed by atoms with Gasteiger partial charge < -0.3 is 0 Å². The second-order valence-corrected chi connectivity index (χ2v) is 4.74. The van der Waals surface area contributed by atoms with Gasteiger partial charge in [0.15, 0.2) is 0 Å². The second kappa shape index (κ2) is 5.03. The number of hydrogen-bond acceptors (Lipinski definition) is 0. The van der Waals surface area contributed by atoms with Crippen LogP contribution in [0.25, 0.3) is 0 Å². The molecule has 15 heavy (non-hydrogen) atoms. The van der Waals surface area contributed by atoms with Gasteiger partial charge in [0.2, 0.25) is 0 Å². The van der Waals surface area contributed by atoms with E-state index in [1.54, 1.807) is 0 Å². The molecule has 84 valence electrons. The minimum Gasteiger partial charge on any atom is -0.126 e. The molecule has 0 aromatic heterocycles.